The molecule has 10 heteroatoms. The van der Waals surface area contributed by atoms with Gasteiger partial charge in [-0.2, -0.15) is 13.2 Å². The van der Waals surface area contributed by atoms with Gasteiger partial charge in [-0.25, -0.2) is 14.4 Å². The van der Waals surface area contributed by atoms with Crippen molar-refractivity contribution in [3.05, 3.63) is 46.4 Å². The predicted molar refractivity (Wildman–Crippen MR) is 78.5 cm³/mol. The molecule has 2 aromatic rings. The Bertz CT molecular complexity index is 783. The van der Waals surface area contributed by atoms with Crippen LogP contribution in [0.5, 0.6) is 0 Å². The molecule has 0 unspecified atom stereocenters. The molecule has 0 bridgehead atoms. The second-order valence-corrected chi connectivity index (χ2v) is 5.27. The molecule has 1 fully saturated rings. The van der Waals surface area contributed by atoms with Crippen LogP contribution in [0.2, 0.25) is 0 Å². The van der Waals surface area contributed by atoms with Gasteiger partial charge in [0.1, 0.15) is 5.82 Å². The van der Waals surface area contributed by atoms with E-state index in [4.69, 9.17) is 0 Å². The first-order chi connectivity index (χ1) is 11.3. The molecule has 0 spiro atoms. The second kappa shape index (κ2) is 6.10. The number of hydrogen-bond acceptors (Lipinski definition) is 5. The van der Waals surface area contributed by atoms with Crippen molar-refractivity contribution < 1.29 is 17.6 Å². The maximum atomic E-state index is 14.0. The summed E-state index contributed by atoms with van der Waals surface area (Å²) >= 11 is 0. The van der Waals surface area contributed by atoms with Crippen LogP contribution in [-0.4, -0.2) is 41.1 Å². The van der Waals surface area contributed by atoms with Crippen LogP contribution in [0.1, 0.15) is 5.56 Å². The number of nitrogens with zero attached hydrogens (tertiary/aromatic N) is 4. The van der Waals surface area contributed by atoms with Gasteiger partial charge in [0.15, 0.2) is 11.6 Å². The molecule has 6 nitrogen and oxygen atoms in total. The molecule has 24 heavy (non-hydrogen) atoms. The lowest BCUT2D eigenvalue weighted by Gasteiger charge is -2.36. The summed E-state index contributed by atoms with van der Waals surface area (Å²) in [6, 6.07) is 1.81. The average molecular weight is 343 g/mol. The number of aromatic amines is 1. The van der Waals surface area contributed by atoms with Crippen molar-refractivity contribution in [2.75, 3.05) is 36.0 Å². The number of rotatable bonds is 2. The highest BCUT2D eigenvalue weighted by Gasteiger charge is 2.32. The normalized spacial score (nSPS) is 15.7. The Morgan fingerprint density at radius 2 is 1.71 bits per heavy atom. The zero-order valence-electron chi connectivity index (χ0n) is 12.3. The van der Waals surface area contributed by atoms with Crippen molar-refractivity contribution in [1.29, 1.82) is 0 Å². The minimum Gasteiger partial charge on any atom is -0.353 e. The quantitative estimate of drug-likeness (QED) is 0.840. The van der Waals surface area contributed by atoms with Crippen LogP contribution in [0.4, 0.5) is 29.2 Å². The standard InChI is InChI=1S/C14H13F4N5O/c15-10-5-9(14(16,17)18)7-19-13(10)23-3-1-22(2-4-23)11-6-12(24)21-8-20-11/h5-8H,1-4H2,(H,20,21,24). The summed E-state index contributed by atoms with van der Waals surface area (Å²) in [4.78, 5) is 24.8. The molecule has 0 atom stereocenters. The minimum atomic E-state index is -4.63. The van der Waals surface area contributed by atoms with Crippen LogP contribution >= 0.6 is 0 Å². The number of pyridine rings is 1. The first-order valence-corrected chi connectivity index (χ1v) is 7.12. The van der Waals surface area contributed by atoms with Crippen LogP contribution in [0.15, 0.2) is 29.5 Å². The number of nitrogens with one attached hydrogen (secondary N) is 1. The molecular weight excluding hydrogens is 330 g/mol. The van der Waals surface area contributed by atoms with Gasteiger partial charge in [0, 0.05) is 38.4 Å². The number of H-pyrrole nitrogens is 1. The monoisotopic (exact) mass is 343 g/mol. The van der Waals surface area contributed by atoms with Gasteiger partial charge in [0.05, 0.1) is 11.9 Å². The van der Waals surface area contributed by atoms with E-state index in [-0.39, 0.29) is 11.4 Å². The maximum absolute atomic E-state index is 14.0. The van der Waals surface area contributed by atoms with E-state index >= 15 is 0 Å². The van der Waals surface area contributed by atoms with Crippen LogP contribution in [0, 0.1) is 5.82 Å². The lowest BCUT2D eigenvalue weighted by atomic mass is 10.2. The number of piperazine rings is 1. The fraction of sp³-hybridized carbons (Fsp3) is 0.357. The zero-order chi connectivity index (χ0) is 17.3. The van der Waals surface area contributed by atoms with Crippen molar-refractivity contribution in [2.45, 2.75) is 6.18 Å². The summed E-state index contributed by atoms with van der Waals surface area (Å²) in [5, 5.41) is 0. The van der Waals surface area contributed by atoms with Crippen molar-refractivity contribution in [3.63, 3.8) is 0 Å². The lowest BCUT2D eigenvalue weighted by molar-refractivity contribution is -0.138. The lowest BCUT2D eigenvalue weighted by Crippen LogP contribution is -2.47. The second-order valence-electron chi connectivity index (χ2n) is 5.27. The highest BCUT2D eigenvalue weighted by atomic mass is 19.4. The van der Waals surface area contributed by atoms with Crippen molar-refractivity contribution in [3.8, 4) is 0 Å². The third kappa shape index (κ3) is 3.31. The molecule has 1 aliphatic rings. The molecule has 3 heterocycles. The fourth-order valence-corrected chi connectivity index (χ4v) is 2.50. The summed E-state index contributed by atoms with van der Waals surface area (Å²) < 4.78 is 51.6. The van der Waals surface area contributed by atoms with Gasteiger partial charge in [-0.15, -0.1) is 0 Å². The molecular formula is C14H13F4N5O. The van der Waals surface area contributed by atoms with Gasteiger partial charge >= 0.3 is 6.18 Å². The molecule has 1 saturated heterocycles. The van der Waals surface area contributed by atoms with Gasteiger partial charge in [-0.05, 0) is 6.07 Å². The number of anilines is 2. The molecule has 0 aliphatic carbocycles. The Hall–Kier alpha value is -2.65. The first kappa shape index (κ1) is 16.2. The van der Waals surface area contributed by atoms with Crippen LogP contribution in [-0.2, 0) is 6.18 Å². The van der Waals surface area contributed by atoms with Gasteiger partial charge in [0.25, 0.3) is 5.56 Å². The molecule has 2 aromatic heterocycles. The molecule has 3 rings (SSSR count). The Balaban J connectivity index is 1.72. The largest absolute Gasteiger partial charge is 0.417 e. The molecule has 0 saturated carbocycles. The molecule has 128 valence electrons. The van der Waals surface area contributed by atoms with Crippen molar-refractivity contribution in [2.24, 2.45) is 0 Å². The minimum absolute atomic E-state index is 0.110. The van der Waals surface area contributed by atoms with Crippen molar-refractivity contribution >= 4 is 11.6 Å². The van der Waals surface area contributed by atoms with E-state index in [0.29, 0.717) is 44.3 Å². The Labute approximate surface area is 133 Å². The number of aromatic nitrogens is 3. The van der Waals surface area contributed by atoms with E-state index in [1.807, 2.05) is 4.90 Å². The smallest absolute Gasteiger partial charge is 0.353 e. The van der Waals surface area contributed by atoms with Crippen LogP contribution in [0.3, 0.4) is 0 Å². The molecule has 0 aromatic carbocycles. The number of halogens is 4. The van der Waals surface area contributed by atoms with Gasteiger partial charge in [-0.1, -0.05) is 0 Å². The molecule has 0 amide bonds. The zero-order valence-corrected chi connectivity index (χ0v) is 12.3. The maximum Gasteiger partial charge on any atom is 0.417 e. The Morgan fingerprint density at radius 1 is 1.04 bits per heavy atom. The van der Waals surface area contributed by atoms with Gasteiger partial charge < -0.3 is 14.8 Å². The van der Waals surface area contributed by atoms with Crippen molar-refractivity contribution in [1.82, 2.24) is 15.0 Å². The van der Waals surface area contributed by atoms with E-state index in [2.05, 4.69) is 15.0 Å². The van der Waals surface area contributed by atoms with E-state index in [9.17, 15) is 22.4 Å². The third-order valence-electron chi connectivity index (χ3n) is 3.72. The van der Waals surface area contributed by atoms with E-state index in [0.717, 1.165) is 0 Å². The SMILES string of the molecule is O=c1cc(N2CCN(c3ncc(C(F)(F)F)cc3F)CC2)nc[nH]1. The van der Waals surface area contributed by atoms with E-state index < -0.39 is 17.6 Å². The highest BCUT2D eigenvalue weighted by molar-refractivity contribution is 5.45. The van der Waals surface area contributed by atoms with Crippen LogP contribution < -0.4 is 15.4 Å². The number of alkyl halides is 3. The topological polar surface area (TPSA) is 65.1 Å². The Morgan fingerprint density at radius 3 is 2.29 bits per heavy atom. The van der Waals surface area contributed by atoms with E-state index in [1.54, 1.807) is 4.90 Å². The molecule has 0 radical (unpaired) electrons. The van der Waals surface area contributed by atoms with Gasteiger partial charge in [0.2, 0.25) is 0 Å². The van der Waals surface area contributed by atoms with Gasteiger partial charge in [-0.3, -0.25) is 4.79 Å². The predicted octanol–water partition coefficient (Wildman–Crippen LogP) is 1.65. The summed E-state index contributed by atoms with van der Waals surface area (Å²) in [5.74, 6) is -0.617. The van der Waals surface area contributed by atoms with E-state index in [1.165, 1.54) is 12.4 Å². The van der Waals surface area contributed by atoms with Crippen LogP contribution in [0.25, 0.3) is 0 Å². The average Bonchev–Trinajstić information content (AvgIpc) is 2.54. The summed E-state index contributed by atoms with van der Waals surface area (Å²) in [7, 11) is 0. The molecule has 1 aliphatic heterocycles. The first-order valence-electron chi connectivity index (χ1n) is 7.12. The molecule has 1 N–H and O–H groups in total. The fourth-order valence-electron chi connectivity index (χ4n) is 2.50. The summed E-state index contributed by atoms with van der Waals surface area (Å²) in [5.41, 5.74) is -1.40. The Kier molecular flexibility index (Phi) is 4.12. The number of hydrogen-bond donors (Lipinski definition) is 1. The summed E-state index contributed by atoms with van der Waals surface area (Å²) in [6.07, 6.45) is -2.71. The third-order valence-corrected chi connectivity index (χ3v) is 3.72. The summed E-state index contributed by atoms with van der Waals surface area (Å²) in [6.45, 7) is 1.59. The highest BCUT2D eigenvalue weighted by Crippen LogP contribution is 2.31.